The van der Waals surface area contributed by atoms with Gasteiger partial charge < -0.3 is 16.0 Å². The van der Waals surface area contributed by atoms with Crippen molar-refractivity contribution in [1.82, 2.24) is 5.32 Å². The molecule has 0 fully saturated rings. The number of nitrogens with one attached hydrogen (secondary N) is 3. The first-order valence-corrected chi connectivity index (χ1v) is 9.31. The van der Waals surface area contributed by atoms with Crippen LogP contribution in [0.2, 0.25) is 0 Å². The average Bonchev–Trinajstić information content (AvgIpc) is 3.09. The van der Waals surface area contributed by atoms with E-state index in [4.69, 9.17) is 0 Å². The maximum Gasteiger partial charge on any atom is 0.242 e. The Bertz CT molecular complexity index is 681. The zero-order valence-electron chi connectivity index (χ0n) is 14.8. The molecule has 3 N–H and O–H groups in total. The van der Waals surface area contributed by atoms with Crippen LogP contribution in [0.3, 0.4) is 0 Å². The molecule has 0 aliphatic heterocycles. The van der Waals surface area contributed by atoms with Gasteiger partial charge in [0.05, 0.1) is 0 Å². The normalized spacial score (nSPS) is 11.8. The van der Waals surface area contributed by atoms with Gasteiger partial charge in [0.15, 0.2) is 0 Å². The van der Waals surface area contributed by atoms with E-state index in [0.717, 1.165) is 17.8 Å². The molecule has 6 heteroatoms. The molecule has 1 unspecified atom stereocenters. The molecule has 25 heavy (non-hydrogen) atoms. The van der Waals surface area contributed by atoms with Crippen LogP contribution in [0.4, 0.5) is 11.4 Å². The van der Waals surface area contributed by atoms with Gasteiger partial charge in [-0.3, -0.25) is 9.59 Å². The second kappa shape index (κ2) is 9.22. The molecule has 0 aliphatic carbocycles. The molecule has 2 aromatic rings. The lowest BCUT2D eigenvalue weighted by atomic mass is 10.2. The average molecular weight is 359 g/mol. The number of hydrogen-bond donors (Lipinski definition) is 3. The first kappa shape index (κ1) is 19.0. The third-order valence-corrected chi connectivity index (χ3v) is 4.64. The zero-order chi connectivity index (χ0) is 18.2. The smallest absolute Gasteiger partial charge is 0.242 e. The number of benzene rings is 1. The molecule has 0 spiro atoms. The van der Waals surface area contributed by atoms with Crippen molar-refractivity contribution < 1.29 is 9.59 Å². The molecule has 0 radical (unpaired) electrons. The second-order valence-corrected chi connectivity index (χ2v) is 7.24. The molecule has 1 atom stereocenters. The van der Waals surface area contributed by atoms with E-state index in [1.807, 2.05) is 56.5 Å². The number of amides is 2. The standard InChI is InChI=1S/C19H25N3O2S/c1-13(2)18(23)22-16-8-6-15(7-9-16)21-14(3)19(24)20-11-10-17-5-4-12-25-17/h4-9,12-14,21H,10-11H2,1-3H3,(H,20,24)(H,22,23). The molecule has 0 bridgehead atoms. The van der Waals surface area contributed by atoms with Crippen molar-refractivity contribution in [3.63, 3.8) is 0 Å². The van der Waals surface area contributed by atoms with Crippen molar-refractivity contribution in [3.8, 4) is 0 Å². The highest BCUT2D eigenvalue weighted by molar-refractivity contribution is 7.09. The molecule has 0 aliphatic rings. The van der Waals surface area contributed by atoms with Gasteiger partial charge in [-0.15, -0.1) is 11.3 Å². The van der Waals surface area contributed by atoms with Crippen molar-refractivity contribution in [2.45, 2.75) is 33.2 Å². The SMILES string of the molecule is CC(C)C(=O)Nc1ccc(NC(C)C(=O)NCCc2cccs2)cc1. The van der Waals surface area contributed by atoms with E-state index in [-0.39, 0.29) is 23.8 Å². The number of thiophene rings is 1. The summed E-state index contributed by atoms with van der Waals surface area (Å²) in [6.07, 6.45) is 0.848. The summed E-state index contributed by atoms with van der Waals surface area (Å²) in [5.41, 5.74) is 1.58. The Hall–Kier alpha value is -2.34. The highest BCUT2D eigenvalue weighted by Gasteiger charge is 2.12. The van der Waals surface area contributed by atoms with E-state index < -0.39 is 0 Å². The predicted molar refractivity (Wildman–Crippen MR) is 104 cm³/mol. The van der Waals surface area contributed by atoms with Gasteiger partial charge in [-0.1, -0.05) is 19.9 Å². The molecule has 1 aromatic carbocycles. The second-order valence-electron chi connectivity index (χ2n) is 6.21. The van der Waals surface area contributed by atoms with Gasteiger partial charge in [-0.25, -0.2) is 0 Å². The maximum absolute atomic E-state index is 12.1. The summed E-state index contributed by atoms with van der Waals surface area (Å²) in [7, 11) is 0. The first-order chi connectivity index (χ1) is 12.0. The number of hydrogen-bond acceptors (Lipinski definition) is 4. The molecule has 0 saturated carbocycles. The number of carbonyl (C=O) groups is 2. The fraction of sp³-hybridized carbons (Fsp3) is 0.368. The van der Waals surface area contributed by atoms with E-state index in [9.17, 15) is 9.59 Å². The minimum absolute atomic E-state index is 0.0146. The van der Waals surface area contributed by atoms with Crippen molar-refractivity contribution in [1.29, 1.82) is 0 Å². The quantitative estimate of drug-likeness (QED) is 0.675. The van der Waals surface area contributed by atoms with Crippen LogP contribution in [-0.2, 0) is 16.0 Å². The molecule has 5 nitrogen and oxygen atoms in total. The van der Waals surface area contributed by atoms with Crippen molar-refractivity contribution in [2.75, 3.05) is 17.2 Å². The van der Waals surface area contributed by atoms with Gasteiger partial charge in [0.1, 0.15) is 6.04 Å². The van der Waals surface area contributed by atoms with E-state index in [1.54, 1.807) is 11.3 Å². The van der Waals surface area contributed by atoms with E-state index in [2.05, 4.69) is 22.0 Å². The predicted octanol–water partition coefficient (Wildman–Crippen LogP) is 3.50. The third kappa shape index (κ3) is 6.23. The fourth-order valence-electron chi connectivity index (χ4n) is 2.17. The summed E-state index contributed by atoms with van der Waals surface area (Å²) in [5.74, 6) is -0.108. The Morgan fingerprint density at radius 2 is 1.68 bits per heavy atom. The molecule has 2 amide bonds. The summed E-state index contributed by atoms with van der Waals surface area (Å²) in [6.45, 7) is 6.16. The van der Waals surface area contributed by atoms with Gasteiger partial charge in [-0.2, -0.15) is 0 Å². The minimum atomic E-state index is -0.334. The van der Waals surface area contributed by atoms with Crippen molar-refractivity contribution in [3.05, 3.63) is 46.7 Å². The van der Waals surface area contributed by atoms with Crippen LogP contribution in [-0.4, -0.2) is 24.4 Å². The zero-order valence-corrected chi connectivity index (χ0v) is 15.7. The van der Waals surface area contributed by atoms with Crippen LogP contribution >= 0.6 is 11.3 Å². The van der Waals surface area contributed by atoms with Crippen molar-refractivity contribution in [2.24, 2.45) is 5.92 Å². The lowest BCUT2D eigenvalue weighted by molar-refractivity contribution is -0.121. The van der Waals surface area contributed by atoms with Crippen LogP contribution < -0.4 is 16.0 Å². The van der Waals surface area contributed by atoms with Gasteiger partial charge >= 0.3 is 0 Å². The summed E-state index contributed by atoms with van der Waals surface area (Å²) in [4.78, 5) is 25.1. The van der Waals surface area contributed by atoms with Gasteiger partial charge in [-0.05, 0) is 49.1 Å². The molecule has 0 saturated heterocycles. The Balaban J connectivity index is 1.78. The highest BCUT2D eigenvalue weighted by Crippen LogP contribution is 2.15. The molecular formula is C19H25N3O2S. The fourth-order valence-corrected chi connectivity index (χ4v) is 2.88. The molecular weight excluding hydrogens is 334 g/mol. The van der Waals surface area contributed by atoms with Gasteiger partial charge in [0.25, 0.3) is 0 Å². The van der Waals surface area contributed by atoms with Crippen LogP contribution in [0, 0.1) is 5.92 Å². The van der Waals surface area contributed by atoms with Crippen molar-refractivity contribution >= 4 is 34.5 Å². The summed E-state index contributed by atoms with van der Waals surface area (Å²) >= 11 is 1.70. The van der Waals surface area contributed by atoms with Gasteiger partial charge in [0.2, 0.25) is 11.8 Å². The monoisotopic (exact) mass is 359 g/mol. The minimum Gasteiger partial charge on any atom is -0.374 e. The molecule has 1 aromatic heterocycles. The molecule has 1 heterocycles. The molecule has 2 rings (SSSR count). The lowest BCUT2D eigenvalue weighted by Gasteiger charge is -2.16. The Morgan fingerprint density at radius 3 is 2.28 bits per heavy atom. The first-order valence-electron chi connectivity index (χ1n) is 8.43. The molecule has 134 valence electrons. The Labute approximate surface area is 152 Å². The van der Waals surface area contributed by atoms with Crippen LogP contribution in [0.15, 0.2) is 41.8 Å². The summed E-state index contributed by atoms with van der Waals surface area (Å²) < 4.78 is 0. The Kier molecular flexibility index (Phi) is 7.01. The summed E-state index contributed by atoms with van der Waals surface area (Å²) in [6, 6.07) is 11.1. The number of rotatable bonds is 8. The third-order valence-electron chi connectivity index (χ3n) is 3.70. The highest BCUT2D eigenvalue weighted by atomic mass is 32.1. The largest absolute Gasteiger partial charge is 0.374 e. The van der Waals surface area contributed by atoms with E-state index >= 15 is 0 Å². The van der Waals surface area contributed by atoms with E-state index in [0.29, 0.717) is 6.54 Å². The topological polar surface area (TPSA) is 70.2 Å². The Morgan fingerprint density at radius 1 is 1.00 bits per heavy atom. The van der Waals surface area contributed by atoms with Crippen LogP contribution in [0.1, 0.15) is 25.6 Å². The van der Waals surface area contributed by atoms with Crippen LogP contribution in [0.25, 0.3) is 0 Å². The number of anilines is 2. The lowest BCUT2D eigenvalue weighted by Crippen LogP contribution is -2.38. The van der Waals surface area contributed by atoms with Crippen LogP contribution in [0.5, 0.6) is 0 Å². The maximum atomic E-state index is 12.1. The number of carbonyl (C=O) groups excluding carboxylic acids is 2. The van der Waals surface area contributed by atoms with E-state index in [1.165, 1.54) is 4.88 Å². The summed E-state index contributed by atoms with van der Waals surface area (Å²) in [5, 5.41) is 11.0. The van der Waals surface area contributed by atoms with Gasteiger partial charge in [0, 0.05) is 28.7 Å².